The van der Waals surface area contributed by atoms with Crippen LogP contribution >= 0.6 is 0 Å². The minimum Gasteiger partial charge on any atom is -0.488 e. The van der Waals surface area contributed by atoms with Crippen LogP contribution in [-0.4, -0.2) is 27.1 Å². The van der Waals surface area contributed by atoms with E-state index < -0.39 is 11.7 Å². The Morgan fingerprint density at radius 2 is 1.76 bits per heavy atom. The van der Waals surface area contributed by atoms with Gasteiger partial charge in [0.05, 0.1) is 17.2 Å². The molecule has 152 valence electrons. The molecule has 9 heteroatoms. The van der Waals surface area contributed by atoms with Gasteiger partial charge in [-0.3, -0.25) is 4.98 Å². The fraction of sp³-hybridized carbons (Fsp3) is 0.350. The molecule has 0 aliphatic heterocycles. The molecule has 29 heavy (non-hydrogen) atoms. The van der Waals surface area contributed by atoms with Crippen LogP contribution in [0.4, 0.5) is 24.7 Å². The van der Waals surface area contributed by atoms with Crippen molar-refractivity contribution in [1.82, 2.24) is 15.0 Å². The van der Waals surface area contributed by atoms with E-state index in [1.54, 1.807) is 24.5 Å². The second-order valence-corrected chi connectivity index (χ2v) is 7.08. The Morgan fingerprint density at radius 1 is 1.00 bits per heavy atom. The highest BCUT2D eigenvalue weighted by Gasteiger charge is 2.35. The summed E-state index contributed by atoms with van der Waals surface area (Å²) in [6.07, 6.45) is 2.78. The van der Waals surface area contributed by atoms with Gasteiger partial charge in [-0.05, 0) is 43.9 Å². The molecule has 0 radical (unpaired) electrons. The van der Waals surface area contributed by atoms with Crippen molar-refractivity contribution in [2.45, 2.75) is 44.0 Å². The molecule has 1 aliphatic carbocycles. The highest BCUT2D eigenvalue weighted by molar-refractivity contribution is 5.84. The molecule has 2 heterocycles. The standard InChI is InChI=1S/C20H20F3N5O/c21-20(22,23)15-2-1-7-27-19(15)28-13-3-5-14(6-4-13)29-17-11-12(24)10-16-18(17)26-9-8-25-16/h1-2,7-11,13-14H,3-6,24H2,(H,27,28). The summed E-state index contributed by atoms with van der Waals surface area (Å²) in [7, 11) is 0. The largest absolute Gasteiger partial charge is 0.488 e. The zero-order chi connectivity index (χ0) is 20.4. The Bertz CT molecular complexity index is 1000. The van der Waals surface area contributed by atoms with Crippen LogP contribution in [0.1, 0.15) is 31.2 Å². The van der Waals surface area contributed by atoms with Crippen molar-refractivity contribution in [1.29, 1.82) is 0 Å². The molecule has 0 bridgehead atoms. The quantitative estimate of drug-likeness (QED) is 0.627. The van der Waals surface area contributed by atoms with Crippen molar-refractivity contribution in [2.24, 2.45) is 0 Å². The number of rotatable bonds is 4. The van der Waals surface area contributed by atoms with Crippen molar-refractivity contribution >= 4 is 22.5 Å². The maximum atomic E-state index is 13.1. The van der Waals surface area contributed by atoms with E-state index >= 15 is 0 Å². The normalized spacial score (nSPS) is 19.8. The summed E-state index contributed by atoms with van der Waals surface area (Å²) in [6, 6.07) is 5.70. The van der Waals surface area contributed by atoms with Crippen LogP contribution in [0.2, 0.25) is 0 Å². The van der Waals surface area contributed by atoms with Gasteiger partial charge < -0.3 is 15.8 Å². The van der Waals surface area contributed by atoms with Crippen LogP contribution in [-0.2, 0) is 6.18 Å². The summed E-state index contributed by atoms with van der Waals surface area (Å²) in [5.41, 5.74) is 7.03. The highest BCUT2D eigenvalue weighted by atomic mass is 19.4. The molecular weight excluding hydrogens is 383 g/mol. The van der Waals surface area contributed by atoms with Gasteiger partial charge in [0, 0.05) is 36.4 Å². The number of hydrogen-bond acceptors (Lipinski definition) is 6. The third kappa shape index (κ3) is 4.33. The van der Waals surface area contributed by atoms with Gasteiger partial charge in [-0.25, -0.2) is 9.97 Å². The maximum absolute atomic E-state index is 13.1. The van der Waals surface area contributed by atoms with Gasteiger partial charge in [0.15, 0.2) is 0 Å². The van der Waals surface area contributed by atoms with E-state index in [0.717, 1.165) is 6.07 Å². The fourth-order valence-electron chi connectivity index (χ4n) is 3.60. The van der Waals surface area contributed by atoms with Crippen LogP contribution in [0.5, 0.6) is 5.75 Å². The maximum Gasteiger partial charge on any atom is 0.419 e. The molecule has 3 N–H and O–H groups in total. The SMILES string of the molecule is Nc1cc(OC2CCC(Nc3ncccc3C(F)(F)F)CC2)c2nccnc2c1. The summed E-state index contributed by atoms with van der Waals surface area (Å²) in [5.74, 6) is 0.454. The number of hydrogen-bond donors (Lipinski definition) is 2. The third-order valence-corrected chi connectivity index (χ3v) is 4.98. The molecule has 4 rings (SSSR count). The molecule has 0 atom stereocenters. The van der Waals surface area contributed by atoms with E-state index in [2.05, 4.69) is 20.3 Å². The predicted molar refractivity (Wildman–Crippen MR) is 103 cm³/mol. The lowest BCUT2D eigenvalue weighted by Crippen LogP contribution is -2.32. The number of nitrogens with one attached hydrogen (secondary N) is 1. The minimum atomic E-state index is -4.44. The van der Waals surface area contributed by atoms with Crippen molar-refractivity contribution in [3.8, 4) is 5.75 Å². The first-order chi connectivity index (χ1) is 13.9. The van der Waals surface area contributed by atoms with E-state index in [1.807, 2.05) is 0 Å². The number of nitrogen functional groups attached to an aromatic ring is 1. The van der Waals surface area contributed by atoms with Gasteiger partial charge >= 0.3 is 6.18 Å². The molecule has 0 spiro atoms. The molecule has 2 aromatic heterocycles. The molecule has 0 unspecified atom stereocenters. The van der Waals surface area contributed by atoms with Crippen LogP contribution in [0, 0.1) is 0 Å². The molecule has 6 nitrogen and oxygen atoms in total. The molecule has 1 aliphatic rings. The molecular formula is C20H20F3N5O. The van der Waals surface area contributed by atoms with Crippen molar-refractivity contribution in [3.63, 3.8) is 0 Å². The van der Waals surface area contributed by atoms with Crippen LogP contribution < -0.4 is 15.8 Å². The lowest BCUT2D eigenvalue weighted by molar-refractivity contribution is -0.137. The fourth-order valence-corrected chi connectivity index (χ4v) is 3.60. The number of ether oxygens (including phenoxy) is 1. The highest BCUT2D eigenvalue weighted by Crippen LogP contribution is 2.35. The summed E-state index contributed by atoms with van der Waals surface area (Å²) < 4.78 is 45.6. The Labute approximate surface area is 165 Å². The topological polar surface area (TPSA) is 86.0 Å². The molecule has 1 aromatic carbocycles. The van der Waals surface area contributed by atoms with E-state index in [4.69, 9.17) is 10.5 Å². The lowest BCUT2D eigenvalue weighted by atomic mass is 9.92. The monoisotopic (exact) mass is 403 g/mol. The van der Waals surface area contributed by atoms with Crippen molar-refractivity contribution < 1.29 is 17.9 Å². The smallest absolute Gasteiger partial charge is 0.419 e. The van der Waals surface area contributed by atoms with Gasteiger partial charge in [0.1, 0.15) is 17.1 Å². The number of nitrogens with zero attached hydrogens (tertiary/aromatic N) is 3. The van der Waals surface area contributed by atoms with Crippen LogP contribution in [0.25, 0.3) is 11.0 Å². The summed E-state index contributed by atoms with van der Waals surface area (Å²) in [6.45, 7) is 0. The van der Waals surface area contributed by atoms with E-state index in [9.17, 15) is 13.2 Å². The summed E-state index contributed by atoms with van der Waals surface area (Å²) >= 11 is 0. The number of anilines is 2. The number of fused-ring (bicyclic) bond motifs is 1. The number of halogens is 3. The Kier molecular flexibility index (Phi) is 5.12. The Morgan fingerprint density at radius 3 is 2.52 bits per heavy atom. The first-order valence-corrected chi connectivity index (χ1v) is 9.36. The van der Waals surface area contributed by atoms with Crippen molar-refractivity contribution in [3.05, 3.63) is 48.4 Å². The van der Waals surface area contributed by atoms with Gasteiger partial charge in [0.2, 0.25) is 0 Å². The van der Waals surface area contributed by atoms with Gasteiger partial charge in [-0.1, -0.05) is 0 Å². The number of benzene rings is 1. The molecule has 1 saturated carbocycles. The number of aromatic nitrogens is 3. The molecule has 1 fully saturated rings. The average Bonchev–Trinajstić information content (AvgIpc) is 2.69. The number of pyridine rings is 1. The average molecular weight is 403 g/mol. The predicted octanol–water partition coefficient (Wildman–Crippen LogP) is 4.43. The number of nitrogens with two attached hydrogens (primary N) is 1. The van der Waals surface area contributed by atoms with Crippen molar-refractivity contribution in [2.75, 3.05) is 11.1 Å². The Balaban J connectivity index is 1.41. The second-order valence-electron chi connectivity index (χ2n) is 7.08. The van der Waals surface area contributed by atoms with E-state index in [1.165, 1.54) is 12.3 Å². The van der Waals surface area contributed by atoms with Gasteiger partial charge in [-0.15, -0.1) is 0 Å². The summed E-state index contributed by atoms with van der Waals surface area (Å²) in [5, 5.41) is 2.95. The number of alkyl halides is 3. The van der Waals surface area contributed by atoms with E-state index in [0.29, 0.717) is 48.2 Å². The first-order valence-electron chi connectivity index (χ1n) is 9.36. The van der Waals surface area contributed by atoms with Crippen LogP contribution in [0.15, 0.2) is 42.9 Å². The Hall–Kier alpha value is -3.10. The lowest BCUT2D eigenvalue weighted by Gasteiger charge is -2.30. The zero-order valence-corrected chi connectivity index (χ0v) is 15.5. The molecule has 0 amide bonds. The molecule has 0 saturated heterocycles. The molecule has 3 aromatic rings. The minimum absolute atomic E-state index is 0.0640. The van der Waals surface area contributed by atoms with Gasteiger partial charge in [0.25, 0.3) is 0 Å². The van der Waals surface area contributed by atoms with Gasteiger partial charge in [-0.2, -0.15) is 13.2 Å². The third-order valence-electron chi connectivity index (χ3n) is 4.98. The summed E-state index contributed by atoms with van der Waals surface area (Å²) in [4.78, 5) is 12.5. The van der Waals surface area contributed by atoms with Crippen LogP contribution in [0.3, 0.4) is 0 Å². The second kappa shape index (κ2) is 7.73. The van der Waals surface area contributed by atoms with E-state index in [-0.39, 0.29) is 18.0 Å². The zero-order valence-electron chi connectivity index (χ0n) is 15.5. The first kappa shape index (κ1) is 19.2.